The quantitative estimate of drug-likeness (QED) is 0.730. The summed E-state index contributed by atoms with van der Waals surface area (Å²) in [4.78, 5) is 0. The third-order valence-electron chi connectivity index (χ3n) is 2.58. The highest BCUT2D eigenvalue weighted by Crippen LogP contribution is 2.30. The highest BCUT2D eigenvalue weighted by atomic mass is 16.4. The summed E-state index contributed by atoms with van der Waals surface area (Å²) in [5.41, 5.74) is -0.491. The second-order valence-corrected chi connectivity index (χ2v) is 3.90. The fourth-order valence-electron chi connectivity index (χ4n) is 1.57. The van der Waals surface area contributed by atoms with Gasteiger partial charge in [-0.2, -0.15) is 0 Å². The summed E-state index contributed by atoms with van der Waals surface area (Å²) in [6.45, 7) is 2.90. The van der Waals surface area contributed by atoms with Crippen molar-refractivity contribution in [2.75, 3.05) is 6.54 Å². The van der Waals surface area contributed by atoms with E-state index in [1.807, 2.05) is 0 Å². The van der Waals surface area contributed by atoms with E-state index in [1.54, 1.807) is 6.92 Å². The molecule has 1 fully saturated rings. The van der Waals surface area contributed by atoms with Gasteiger partial charge >= 0.3 is 0 Å². The Labute approximate surface area is 82.5 Å². The molecule has 2 N–H and O–H groups in total. The van der Waals surface area contributed by atoms with Crippen LogP contribution in [0.25, 0.3) is 0 Å². The highest BCUT2D eigenvalue weighted by Gasteiger charge is 2.33. The minimum absolute atomic E-state index is 0.491. The Morgan fingerprint density at radius 1 is 1.50 bits per heavy atom. The van der Waals surface area contributed by atoms with E-state index in [2.05, 4.69) is 15.5 Å². The molecule has 1 aromatic heterocycles. The topological polar surface area (TPSA) is 71.2 Å². The Hall–Kier alpha value is -0.940. The first kappa shape index (κ1) is 9.61. The monoisotopic (exact) mass is 197 g/mol. The largest absolute Gasteiger partial charge is 0.424 e. The van der Waals surface area contributed by atoms with Gasteiger partial charge in [0.05, 0.1) is 12.1 Å². The van der Waals surface area contributed by atoms with Crippen LogP contribution >= 0.6 is 0 Å². The predicted octanol–water partition coefficient (Wildman–Crippen LogP) is 0.383. The Balaban J connectivity index is 1.72. The normalized spacial score (nSPS) is 19.3. The van der Waals surface area contributed by atoms with Gasteiger partial charge < -0.3 is 14.8 Å². The molecule has 78 valence electrons. The first-order valence-corrected chi connectivity index (χ1v) is 4.90. The van der Waals surface area contributed by atoms with Gasteiger partial charge in [0, 0.05) is 13.5 Å². The minimum Gasteiger partial charge on any atom is -0.424 e. The van der Waals surface area contributed by atoms with Crippen molar-refractivity contribution < 1.29 is 9.52 Å². The van der Waals surface area contributed by atoms with Gasteiger partial charge in [0.25, 0.3) is 0 Å². The van der Waals surface area contributed by atoms with Crippen molar-refractivity contribution in [2.45, 2.75) is 38.3 Å². The number of nitrogens with one attached hydrogen (secondary N) is 1. The fraction of sp³-hybridized carbons (Fsp3) is 0.778. The number of nitrogens with zero attached hydrogens (tertiary/aromatic N) is 2. The van der Waals surface area contributed by atoms with Crippen LogP contribution in [-0.2, 0) is 6.54 Å². The average Bonchev–Trinajstić information content (AvgIpc) is 2.49. The molecule has 0 aliphatic heterocycles. The van der Waals surface area contributed by atoms with E-state index in [0.29, 0.717) is 24.9 Å². The third-order valence-corrected chi connectivity index (χ3v) is 2.58. The summed E-state index contributed by atoms with van der Waals surface area (Å²) in [6.07, 6.45) is 2.91. The van der Waals surface area contributed by atoms with Crippen LogP contribution in [0, 0.1) is 6.92 Å². The van der Waals surface area contributed by atoms with Gasteiger partial charge in [-0.25, -0.2) is 0 Å². The van der Waals surface area contributed by atoms with Gasteiger partial charge in [-0.15, -0.1) is 10.2 Å². The molecule has 0 radical (unpaired) electrons. The zero-order valence-corrected chi connectivity index (χ0v) is 8.29. The van der Waals surface area contributed by atoms with Crippen molar-refractivity contribution in [1.82, 2.24) is 15.5 Å². The molecule has 0 unspecified atom stereocenters. The molecule has 0 bridgehead atoms. The number of hydrogen-bond acceptors (Lipinski definition) is 5. The van der Waals surface area contributed by atoms with Gasteiger partial charge in [-0.1, -0.05) is 0 Å². The minimum atomic E-state index is -0.491. The smallest absolute Gasteiger partial charge is 0.230 e. The van der Waals surface area contributed by atoms with Gasteiger partial charge in [-0.3, -0.25) is 0 Å². The van der Waals surface area contributed by atoms with Crippen LogP contribution in [0.2, 0.25) is 0 Å². The van der Waals surface area contributed by atoms with E-state index in [0.717, 1.165) is 19.3 Å². The van der Waals surface area contributed by atoms with Crippen LogP contribution in [0.5, 0.6) is 0 Å². The number of hydrogen-bond donors (Lipinski definition) is 2. The molecule has 2 rings (SSSR count). The summed E-state index contributed by atoms with van der Waals surface area (Å²) < 4.78 is 5.18. The van der Waals surface area contributed by atoms with Gasteiger partial charge in [0.15, 0.2) is 0 Å². The summed E-state index contributed by atoms with van der Waals surface area (Å²) in [5.74, 6) is 1.15. The lowest BCUT2D eigenvalue weighted by Gasteiger charge is -2.36. The second-order valence-electron chi connectivity index (χ2n) is 3.90. The molecule has 5 heteroatoms. The van der Waals surface area contributed by atoms with E-state index in [9.17, 15) is 5.11 Å². The Morgan fingerprint density at radius 3 is 2.79 bits per heavy atom. The lowest BCUT2D eigenvalue weighted by molar-refractivity contribution is -0.0317. The van der Waals surface area contributed by atoms with Crippen LogP contribution in [-0.4, -0.2) is 27.4 Å². The second kappa shape index (κ2) is 3.67. The van der Waals surface area contributed by atoms with Crippen molar-refractivity contribution in [1.29, 1.82) is 0 Å². The molecule has 1 aliphatic rings. The maximum absolute atomic E-state index is 9.76. The molecule has 0 saturated heterocycles. The lowest BCUT2D eigenvalue weighted by atomic mass is 9.80. The Kier molecular flexibility index (Phi) is 2.52. The maximum atomic E-state index is 9.76. The first-order chi connectivity index (χ1) is 6.68. The van der Waals surface area contributed by atoms with E-state index < -0.39 is 5.60 Å². The highest BCUT2D eigenvalue weighted by molar-refractivity contribution is 4.90. The van der Waals surface area contributed by atoms with E-state index >= 15 is 0 Å². The van der Waals surface area contributed by atoms with Crippen LogP contribution in [0.15, 0.2) is 4.42 Å². The van der Waals surface area contributed by atoms with E-state index in [-0.39, 0.29) is 0 Å². The summed E-state index contributed by atoms with van der Waals surface area (Å²) in [6, 6.07) is 0. The molecule has 1 saturated carbocycles. The summed E-state index contributed by atoms with van der Waals surface area (Å²) in [7, 11) is 0. The molecule has 1 aromatic rings. The van der Waals surface area contributed by atoms with Gasteiger partial charge in [0.1, 0.15) is 0 Å². The van der Waals surface area contributed by atoms with E-state index in [1.165, 1.54) is 0 Å². The standard InChI is InChI=1S/C9H15N3O2/c1-7-11-12-8(14-7)5-10-6-9(13)3-2-4-9/h10,13H,2-6H2,1H3. The Morgan fingerprint density at radius 2 is 2.29 bits per heavy atom. The molecule has 0 aromatic carbocycles. The van der Waals surface area contributed by atoms with Crippen LogP contribution in [0.1, 0.15) is 31.0 Å². The number of aliphatic hydroxyl groups is 1. The van der Waals surface area contributed by atoms with Crippen molar-refractivity contribution in [3.05, 3.63) is 11.8 Å². The maximum Gasteiger partial charge on any atom is 0.230 e. The molecule has 1 heterocycles. The van der Waals surface area contributed by atoms with E-state index in [4.69, 9.17) is 4.42 Å². The van der Waals surface area contributed by atoms with Crippen LogP contribution in [0.4, 0.5) is 0 Å². The molecule has 1 aliphatic carbocycles. The van der Waals surface area contributed by atoms with Gasteiger partial charge in [0.2, 0.25) is 11.8 Å². The van der Waals surface area contributed by atoms with Crippen LogP contribution < -0.4 is 5.32 Å². The SMILES string of the molecule is Cc1nnc(CNCC2(O)CCC2)o1. The van der Waals surface area contributed by atoms with Crippen molar-refractivity contribution >= 4 is 0 Å². The Bertz CT molecular complexity index is 307. The molecular weight excluding hydrogens is 182 g/mol. The lowest BCUT2D eigenvalue weighted by Crippen LogP contribution is -2.46. The van der Waals surface area contributed by atoms with Crippen molar-refractivity contribution in [2.24, 2.45) is 0 Å². The number of rotatable bonds is 4. The first-order valence-electron chi connectivity index (χ1n) is 4.90. The average molecular weight is 197 g/mol. The van der Waals surface area contributed by atoms with Crippen LogP contribution in [0.3, 0.4) is 0 Å². The number of aryl methyl sites for hydroxylation is 1. The van der Waals surface area contributed by atoms with Crippen molar-refractivity contribution in [3.8, 4) is 0 Å². The number of aromatic nitrogens is 2. The predicted molar refractivity (Wildman–Crippen MR) is 49.5 cm³/mol. The summed E-state index contributed by atoms with van der Waals surface area (Å²) >= 11 is 0. The molecular formula is C9H15N3O2. The molecule has 0 amide bonds. The zero-order valence-electron chi connectivity index (χ0n) is 8.29. The molecule has 0 atom stereocenters. The molecule has 5 nitrogen and oxygen atoms in total. The molecule has 0 spiro atoms. The zero-order chi connectivity index (χ0) is 10.0. The van der Waals surface area contributed by atoms with Gasteiger partial charge in [-0.05, 0) is 19.3 Å². The third kappa shape index (κ3) is 2.10. The molecule has 14 heavy (non-hydrogen) atoms. The summed E-state index contributed by atoms with van der Waals surface area (Å²) in [5, 5.41) is 20.4. The fourth-order valence-corrected chi connectivity index (χ4v) is 1.57. The van der Waals surface area contributed by atoms with Crippen molar-refractivity contribution in [3.63, 3.8) is 0 Å².